The van der Waals surface area contributed by atoms with Gasteiger partial charge in [-0.05, 0) is 193 Å². The topological polar surface area (TPSA) is 0 Å². The van der Waals surface area contributed by atoms with E-state index in [9.17, 15) is 0 Å². The second kappa shape index (κ2) is 28.1. The fourth-order valence-electron chi connectivity index (χ4n) is 16.4. The average molecular weight is 1820 g/mol. The Bertz CT molecular complexity index is 8080. The molecule has 0 spiro atoms. The molecule has 0 aliphatic heterocycles. The molecule has 0 saturated carbocycles. The maximum absolute atomic E-state index is 3.85. The highest BCUT2D eigenvalue weighted by Crippen LogP contribution is 2.50. The Hall–Kier alpha value is -9.50. The van der Waals surface area contributed by atoms with Gasteiger partial charge >= 0.3 is 0 Å². The van der Waals surface area contributed by atoms with Gasteiger partial charge in [-0.15, -0.1) is 56.7 Å². The Morgan fingerprint density at radius 3 is 1.05 bits per heavy atom. The van der Waals surface area contributed by atoms with Crippen LogP contribution in [0.1, 0.15) is 0 Å². The Kier molecular flexibility index (Phi) is 17.5. The molecule has 0 unspecified atom stereocenters. The van der Waals surface area contributed by atoms with Crippen LogP contribution in [0.4, 0.5) is 0 Å². The molecule has 0 aliphatic rings. The SMILES string of the molecule is Brc1c2ccccc2cc2c1sc1c3ccccc3ccc21.Brc1c2ccccc2cc2sc3c4ccccc4ccc3c12.Brc1cc2c3cc4ccccc4cc3sc2c2ccccc12.Brc1cc2ccccc2c2c1sc1c3ccccc3ccc12.Brc1cc2sc3c4ccccc4ccc3c2c2ccccc12. The van der Waals surface area contributed by atoms with Crippen molar-refractivity contribution in [2.45, 2.75) is 0 Å². The summed E-state index contributed by atoms with van der Waals surface area (Å²) in [6, 6.07) is 120. The molecule has 0 radical (unpaired) electrons. The van der Waals surface area contributed by atoms with Crippen LogP contribution < -0.4 is 0 Å². The standard InChI is InChI=1S/5C20H11BrS/c21-19-14-7-3-2-6-13(14)11-17-18(19)16-10-9-12-5-1-4-8-15(12)20(16)22-17;21-17-11-13-6-2-3-7-14(13)18-16-10-9-12-5-1-4-8-15(12)19(16)22-20(17)18;21-18-14-7-3-2-6-13(14)11-17-16-10-9-12-5-1-4-8-15(12)19(16)22-20(17)18;21-18-11-17-16-9-12-5-1-2-6-13(12)10-19(16)22-20(17)15-8-4-3-7-14(15)18;21-17-11-18-19(15-8-4-3-7-14(15)17)16-10-9-12-5-1-2-6-13(12)20(16)22-18/h5*1-11H. The highest BCUT2D eigenvalue weighted by Gasteiger charge is 2.20. The molecule has 0 atom stereocenters. The van der Waals surface area contributed by atoms with Gasteiger partial charge in [0.05, 0.1) is 9.40 Å². The number of rotatable bonds is 0. The molecule has 25 rings (SSSR count). The minimum Gasteiger partial charge on any atom is -0.135 e. The number of halogens is 5. The quantitative estimate of drug-likeness (QED) is 0.142. The normalized spacial score (nSPS) is 11.9. The maximum atomic E-state index is 3.85. The molecule has 10 heteroatoms. The van der Waals surface area contributed by atoms with Gasteiger partial charge in [-0.2, -0.15) is 0 Å². The predicted octanol–water partition coefficient (Wildman–Crippen LogP) is 35.6. The number of hydrogen-bond acceptors (Lipinski definition) is 5. The van der Waals surface area contributed by atoms with Crippen molar-refractivity contribution >= 4 is 345 Å². The number of benzene rings is 20. The van der Waals surface area contributed by atoms with Crippen molar-refractivity contribution in [3.63, 3.8) is 0 Å². The summed E-state index contributed by atoms with van der Waals surface area (Å²) in [5.41, 5.74) is 0. The van der Waals surface area contributed by atoms with Gasteiger partial charge in [0.2, 0.25) is 0 Å². The van der Waals surface area contributed by atoms with E-state index in [1.807, 2.05) is 56.7 Å². The predicted molar refractivity (Wildman–Crippen MR) is 510 cm³/mol. The van der Waals surface area contributed by atoms with Crippen molar-refractivity contribution in [1.29, 1.82) is 0 Å². The van der Waals surface area contributed by atoms with Crippen LogP contribution >= 0.6 is 136 Å². The van der Waals surface area contributed by atoms with E-state index >= 15 is 0 Å². The van der Waals surface area contributed by atoms with Crippen LogP contribution in [-0.4, -0.2) is 0 Å². The summed E-state index contributed by atoms with van der Waals surface area (Å²) in [7, 11) is 0. The molecule has 5 heterocycles. The van der Waals surface area contributed by atoms with Gasteiger partial charge in [0, 0.05) is 119 Å². The Morgan fingerprint density at radius 2 is 0.473 bits per heavy atom. The van der Waals surface area contributed by atoms with E-state index in [4.69, 9.17) is 0 Å². The van der Waals surface area contributed by atoms with Gasteiger partial charge in [0.1, 0.15) is 0 Å². The maximum Gasteiger partial charge on any atom is 0.0504 e. The van der Waals surface area contributed by atoms with Gasteiger partial charge in [0.25, 0.3) is 0 Å². The van der Waals surface area contributed by atoms with Crippen LogP contribution in [0.15, 0.2) is 356 Å². The van der Waals surface area contributed by atoms with Gasteiger partial charge in [-0.1, -0.05) is 323 Å². The lowest BCUT2D eigenvalue weighted by atomic mass is 10.0. The van der Waals surface area contributed by atoms with E-state index in [0.29, 0.717) is 0 Å². The molecule has 110 heavy (non-hydrogen) atoms. The first-order valence-corrected chi connectivity index (χ1v) is 44.2. The van der Waals surface area contributed by atoms with Crippen molar-refractivity contribution in [3.05, 3.63) is 356 Å². The van der Waals surface area contributed by atoms with Gasteiger partial charge in [-0.3, -0.25) is 0 Å². The third-order valence-electron chi connectivity index (χ3n) is 21.5. The summed E-state index contributed by atoms with van der Waals surface area (Å²) in [4.78, 5) is 0. The molecule has 0 saturated heterocycles. The molecule has 20 aromatic carbocycles. The molecule has 5 aromatic heterocycles. The zero-order chi connectivity index (χ0) is 73.4. The largest absolute Gasteiger partial charge is 0.135 e. The summed E-state index contributed by atoms with van der Waals surface area (Å²) >= 11 is 28.4. The van der Waals surface area contributed by atoms with Crippen molar-refractivity contribution in [1.82, 2.24) is 0 Å². The lowest BCUT2D eigenvalue weighted by molar-refractivity contribution is 1.78. The second-order valence-electron chi connectivity index (χ2n) is 27.8. The molecule has 0 amide bonds. The molecule has 0 N–H and O–H groups in total. The average Bonchev–Trinajstić information content (AvgIpc) is 1.63. The Morgan fingerprint density at radius 1 is 0.145 bits per heavy atom. The summed E-state index contributed by atoms with van der Waals surface area (Å²) in [5.74, 6) is 0. The number of fused-ring (bicyclic) bond motifs is 32. The summed E-state index contributed by atoms with van der Waals surface area (Å²) < 4.78 is 19.6. The number of hydrogen-bond donors (Lipinski definition) is 0. The van der Waals surface area contributed by atoms with E-state index in [1.165, 1.54) is 231 Å². The molecule has 25 aromatic rings. The molecule has 0 nitrogen and oxygen atoms in total. The van der Waals surface area contributed by atoms with Crippen LogP contribution in [-0.2, 0) is 0 Å². The highest BCUT2D eigenvalue weighted by atomic mass is 79.9. The lowest BCUT2D eigenvalue weighted by Gasteiger charge is -2.03. The van der Waals surface area contributed by atoms with Gasteiger partial charge < -0.3 is 0 Å². The number of thiophene rings is 5. The van der Waals surface area contributed by atoms with Crippen LogP contribution in [0, 0.1) is 0 Å². The third kappa shape index (κ3) is 11.6. The molecular formula is C100H55Br5S5. The summed E-state index contributed by atoms with van der Waals surface area (Å²) in [6.07, 6.45) is 0. The van der Waals surface area contributed by atoms with Crippen molar-refractivity contribution in [3.8, 4) is 0 Å². The summed E-state index contributed by atoms with van der Waals surface area (Å²) in [5, 5.41) is 39.8. The lowest BCUT2D eigenvalue weighted by Crippen LogP contribution is -1.76. The third-order valence-corrected chi connectivity index (χ3v) is 31.8. The van der Waals surface area contributed by atoms with E-state index < -0.39 is 0 Å². The van der Waals surface area contributed by atoms with Gasteiger partial charge in [0.15, 0.2) is 0 Å². The van der Waals surface area contributed by atoms with Crippen molar-refractivity contribution < 1.29 is 0 Å². The van der Waals surface area contributed by atoms with E-state index in [2.05, 4.69) is 413 Å². The van der Waals surface area contributed by atoms with Crippen LogP contribution in [0.25, 0.3) is 209 Å². The minimum absolute atomic E-state index is 1.17. The molecule has 520 valence electrons. The molecular weight excluding hydrogens is 1760 g/mol. The Labute approximate surface area is 693 Å². The first-order valence-electron chi connectivity index (χ1n) is 36.2. The molecule has 0 fully saturated rings. The fourth-order valence-corrected chi connectivity index (χ4v) is 26.5. The van der Waals surface area contributed by atoms with Crippen molar-refractivity contribution in [2.24, 2.45) is 0 Å². The second-order valence-corrected chi connectivity index (χ2v) is 37.1. The summed E-state index contributed by atoms with van der Waals surface area (Å²) in [6.45, 7) is 0. The first-order chi connectivity index (χ1) is 54.1. The monoisotopic (exact) mass is 1810 g/mol. The van der Waals surface area contributed by atoms with E-state index in [1.54, 1.807) is 0 Å². The zero-order valence-electron chi connectivity index (χ0n) is 58.2. The first kappa shape index (κ1) is 68.5. The minimum atomic E-state index is 1.17. The van der Waals surface area contributed by atoms with Crippen molar-refractivity contribution in [2.75, 3.05) is 0 Å². The van der Waals surface area contributed by atoms with Crippen LogP contribution in [0.5, 0.6) is 0 Å². The molecule has 0 aliphatic carbocycles. The fraction of sp³-hybridized carbons (Fsp3) is 0. The van der Waals surface area contributed by atoms with E-state index in [0.717, 1.165) is 0 Å². The molecule has 0 bridgehead atoms. The van der Waals surface area contributed by atoms with Crippen LogP contribution in [0.3, 0.4) is 0 Å². The highest BCUT2D eigenvalue weighted by molar-refractivity contribution is 9.11. The zero-order valence-corrected chi connectivity index (χ0v) is 70.2. The van der Waals surface area contributed by atoms with Crippen LogP contribution in [0.2, 0.25) is 0 Å². The Balaban J connectivity index is 0.0000000873. The van der Waals surface area contributed by atoms with Gasteiger partial charge in [-0.25, -0.2) is 0 Å². The smallest absolute Gasteiger partial charge is 0.0504 e. The van der Waals surface area contributed by atoms with E-state index in [-0.39, 0.29) is 0 Å².